The van der Waals surface area contributed by atoms with Crippen LogP contribution in [0.3, 0.4) is 0 Å². The number of thioether (sulfide) groups is 1. The van der Waals surface area contributed by atoms with Crippen molar-refractivity contribution in [3.63, 3.8) is 0 Å². The minimum atomic E-state index is -0.160. The first-order chi connectivity index (χ1) is 11.8. The van der Waals surface area contributed by atoms with Crippen LogP contribution in [-0.2, 0) is 0 Å². The van der Waals surface area contributed by atoms with Crippen LogP contribution in [0.4, 0.5) is 0 Å². The van der Waals surface area contributed by atoms with Crippen molar-refractivity contribution in [3.05, 3.63) is 59.5 Å². The van der Waals surface area contributed by atoms with Crippen LogP contribution in [0.5, 0.6) is 0 Å². The summed E-state index contributed by atoms with van der Waals surface area (Å²) < 4.78 is 5.23. The van der Waals surface area contributed by atoms with E-state index >= 15 is 0 Å². The minimum absolute atomic E-state index is 0.104. The van der Waals surface area contributed by atoms with Gasteiger partial charge in [0.15, 0.2) is 0 Å². The van der Waals surface area contributed by atoms with Crippen molar-refractivity contribution in [1.29, 1.82) is 5.26 Å². The highest BCUT2D eigenvalue weighted by molar-refractivity contribution is 7.99. The highest BCUT2D eigenvalue weighted by Crippen LogP contribution is 2.24. The Morgan fingerprint density at radius 3 is 2.92 bits per heavy atom. The molecule has 0 bridgehead atoms. The first-order valence-corrected chi connectivity index (χ1v) is 9.05. The maximum absolute atomic E-state index is 12.4. The Morgan fingerprint density at radius 2 is 2.21 bits per heavy atom. The van der Waals surface area contributed by atoms with Crippen molar-refractivity contribution in [2.75, 3.05) is 31.1 Å². The summed E-state index contributed by atoms with van der Waals surface area (Å²) in [5.74, 6) is 2.05. The predicted molar refractivity (Wildman–Crippen MR) is 93.8 cm³/mol. The summed E-state index contributed by atoms with van der Waals surface area (Å²) >= 11 is 1.96. The van der Waals surface area contributed by atoms with Gasteiger partial charge in [-0.1, -0.05) is 6.07 Å². The molecule has 1 aliphatic rings. The van der Waals surface area contributed by atoms with Crippen LogP contribution >= 0.6 is 11.8 Å². The second kappa shape index (κ2) is 8.04. The van der Waals surface area contributed by atoms with E-state index in [4.69, 9.17) is 9.68 Å². The van der Waals surface area contributed by atoms with Gasteiger partial charge in [0.1, 0.15) is 0 Å². The molecule has 1 aromatic carbocycles. The van der Waals surface area contributed by atoms with E-state index in [-0.39, 0.29) is 11.9 Å². The predicted octanol–water partition coefficient (Wildman–Crippen LogP) is 2.67. The Bertz CT molecular complexity index is 718. The van der Waals surface area contributed by atoms with Gasteiger partial charge in [-0.15, -0.1) is 0 Å². The molecule has 0 spiro atoms. The molecule has 0 aliphatic carbocycles. The quantitative estimate of drug-likeness (QED) is 0.905. The largest absolute Gasteiger partial charge is 0.472 e. The average molecular weight is 341 g/mol. The van der Waals surface area contributed by atoms with Gasteiger partial charge >= 0.3 is 0 Å². The lowest BCUT2D eigenvalue weighted by atomic mass is 10.1. The van der Waals surface area contributed by atoms with Crippen LogP contribution in [0, 0.1) is 11.3 Å². The number of amides is 1. The van der Waals surface area contributed by atoms with Crippen molar-refractivity contribution < 1.29 is 9.21 Å². The summed E-state index contributed by atoms with van der Waals surface area (Å²) in [5.41, 5.74) is 2.07. The monoisotopic (exact) mass is 341 g/mol. The Kier molecular flexibility index (Phi) is 5.57. The number of nitrogens with one attached hydrogen (secondary N) is 1. The lowest BCUT2D eigenvalue weighted by Crippen LogP contribution is -2.41. The van der Waals surface area contributed by atoms with E-state index < -0.39 is 0 Å². The summed E-state index contributed by atoms with van der Waals surface area (Å²) in [6, 6.07) is 10.9. The lowest BCUT2D eigenvalue weighted by molar-refractivity contribution is 0.0934. The van der Waals surface area contributed by atoms with E-state index in [0.717, 1.165) is 30.2 Å². The molecule has 1 saturated heterocycles. The van der Waals surface area contributed by atoms with Crippen molar-refractivity contribution in [2.24, 2.45) is 0 Å². The molecule has 1 fully saturated rings. The van der Waals surface area contributed by atoms with Crippen molar-refractivity contribution in [1.82, 2.24) is 10.2 Å². The number of benzene rings is 1. The zero-order chi connectivity index (χ0) is 16.8. The third kappa shape index (κ3) is 3.99. The molecule has 2 heterocycles. The van der Waals surface area contributed by atoms with Gasteiger partial charge in [-0.25, -0.2) is 0 Å². The summed E-state index contributed by atoms with van der Waals surface area (Å²) in [5, 5.41) is 12.0. The smallest absolute Gasteiger partial charge is 0.251 e. The molecule has 3 rings (SSSR count). The van der Waals surface area contributed by atoms with E-state index in [9.17, 15) is 4.79 Å². The second-order valence-corrected chi connectivity index (χ2v) is 6.85. The maximum atomic E-state index is 12.4. The highest BCUT2D eigenvalue weighted by Gasteiger charge is 2.24. The second-order valence-electron chi connectivity index (χ2n) is 5.62. The fourth-order valence-corrected chi connectivity index (χ4v) is 3.76. The fourth-order valence-electron chi connectivity index (χ4n) is 2.83. The van der Waals surface area contributed by atoms with Crippen molar-refractivity contribution in [3.8, 4) is 6.07 Å². The molecule has 2 aromatic rings. The topological polar surface area (TPSA) is 69.3 Å². The van der Waals surface area contributed by atoms with Gasteiger partial charge in [0, 0.05) is 42.3 Å². The Morgan fingerprint density at radius 1 is 1.38 bits per heavy atom. The van der Waals surface area contributed by atoms with Crippen molar-refractivity contribution >= 4 is 17.7 Å². The molecular weight excluding hydrogens is 322 g/mol. The number of furan rings is 1. The number of hydrogen-bond donors (Lipinski definition) is 1. The first-order valence-electron chi connectivity index (χ1n) is 7.90. The van der Waals surface area contributed by atoms with Gasteiger partial charge in [0.05, 0.1) is 30.2 Å². The third-order valence-electron chi connectivity index (χ3n) is 4.12. The Labute approximate surface area is 145 Å². The molecular formula is C18H19N3O2S. The minimum Gasteiger partial charge on any atom is -0.472 e. The molecule has 0 saturated carbocycles. The van der Waals surface area contributed by atoms with Crippen LogP contribution in [-0.4, -0.2) is 41.9 Å². The number of nitriles is 1. The molecule has 6 heteroatoms. The molecule has 1 amide bonds. The van der Waals surface area contributed by atoms with Gasteiger partial charge in [-0.3, -0.25) is 9.69 Å². The fraction of sp³-hybridized carbons (Fsp3) is 0.333. The summed E-state index contributed by atoms with van der Waals surface area (Å²) in [7, 11) is 0. The van der Waals surface area contributed by atoms with E-state index in [1.54, 1.807) is 36.8 Å². The van der Waals surface area contributed by atoms with Crippen LogP contribution in [0.2, 0.25) is 0 Å². The summed E-state index contributed by atoms with van der Waals surface area (Å²) in [6.07, 6.45) is 3.41. The highest BCUT2D eigenvalue weighted by atomic mass is 32.2. The van der Waals surface area contributed by atoms with E-state index in [1.165, 1.54) is 0 Å². The van der Waals surface area contributed by atoms with Crippen LogP contribution in [0.1, 0.15) is 27.5 Å². The molecule has 5 nitrogen and oxygen atoms in total. The molecule has 1 aliphatic heterocycles. The van der Waals surface area contributed by atoms with Gasteiger partial charge < -0.3 is 9.73 Å². The SMILES string of the molecule is N#Cc1cccc(C(=O)NCC(c2ccoc2)N2CCSCC2)c1. The van der Waals surface area contributed by atoms with Crippen LogP contribution < -0.4 is 5.32 Å². The van der Waals surface area contributed by atoms with Gasteiger partial charge in [0.2, 0.25) is 0 Å². The summed E-state index contributed by atoms with van der Waals surface area (Å²) in [4.78, 5) is 14.8. The van der Waals surface area contributed by atoms with E-state index in [2.05, 4.69) is 16.3 Å². The average Bonchev–Trinajstić information content (AvgIpc) is 3.17. The van der Waals surface area contributed by atoms with E-state index in [1.807, 2.05) is 17.8 Å². The summed E-state index contributed by atoms with van der Waals surface area (Å²) in [6.45, 7) is 2.51. The number of hydrogen-bond acceptors (Lipinski definition) is 5. The molecule has 124 valence electrons. The first kappa shape index (κ1) is 16.6. The number of carbonyl (C=O) groups excluding carboxylic acids is 1. The standard InChI is InChI=1S/C18H19N3O2S/c19-11-14-2-1-3-15(10-14)18(22)20-12-17(16-4-7-23-13-16)21-5-8-24-9-6-21/h1-4,7,10,13,17H,5-6,8-9,12H2,(H,20,22). The lowest BCUT2D eigenvalue weighted by Gasteiger charge is -2.34. The van der Waals surface area contributed by atoms with Gasteiger partial charge in [-0.2, -0.15) is 17.0 Å². The zero-order valence-corrected chi connectivity index (χ0v) is 14.1. The molecule has 24 heavy (non-hydrogen) atoms. The maximum Gasteiger partial charge on any atom is 0.251 e. The number of carbonyl (C=O) groups is 1. The van der Waals surface area contributed by atoms with Crippen molar-refractivity contribution in [2.45, 2.75) is 6.04 Å². The molecule has 1 aromatic heterocycles. The Balaban J connectivity index is 1.68. The molecule has 0 radical (unpaired) electrons. The molecule has 1 atom stereocenters. The van der Waals surface area contributed by atoms with Crippen LogP contribution in [0.25, 0.3) is 0 Å². The number of rotatable bonds is 5. The zero-order valence-electron chi connectivity index (χ0n) is 13.3. The number of nitrogens with zero attached hydrogens (tertiary/aromatic N) is 2. The Hall–Kier alpha value is -2.23. The normalized spacial score (nSPS) is 16.3. The molecule has 1 unspecified atom stereocenters. The van der Waals surface area contributed by atoms with Crippen LogP contribution in [0.15, 0.2) is 47.3 Å². The van der Waals surface area contributed by atoms with Gasteiger partial charge in [-0.05, 0) is 24.3 Å². The third-order valence-corrected chi connectivity index (χ3v) is 5.07. The molecule has 1 N–H and O–H groups in total. The van der Waals surface area contributed by atoms with Gasteiger partial charge in [0.25, 0.3) is 5.91 Å². The van der Waals surface area contributed by atoms with E-state index in [0.29, 0.717) is 17.7 Å².